The molecule has 1 aliphatic rings. The second-order valence-electron chi connectivity index (χ2n) is 4.55. The van der Waals surface area contributed by atoms with Crippen molar-refractivity contribution in [2.24, 2.45) is 5.92 Å². The molecule has 0 aliphatic carbocycles. The Labute approximate surface area is 91.3 Å². The number of hydrogen-bond acceptors (Lipinski definition) is 2. The molecule has 0 aromatic heterocycles. The molecule has 1 saturated heterocycles. The van der Waals surface area contributed by atoms with E-state index in [4.69, 9.17) is 0 Å². The fraction of sp³-hybridized carbons (Fsp3) is 0.538. The topological polar surface area (TPSA) is 32.3 Å². The van der Waals surface area contributed by atoms with E-state index in [0.29, 0.717) is 11.7 Å². The van der Waals surface area contributed by atoms with Gasteiger partial charge in [-0.3, -0.25) is 0 Å². The third-order valence-electron chi connectivity index (χ3n) is 3.32. The summed E-state index contributed by atoms with van der Waals surface area (Å²) in [5, 5.41) is 13.1. The highest BCUT2D eigenvalue weighted by molar-refractivity contribution is 5.34. The van der Waals surface area contributed by atoms with Crippen molar-refractivity contribution in [2.75, 3.05) is 13.1 Å². The monoisotopic (exact) mass is 205 g/mol. The van der Waals surface area contributed by atoms with Gasteiger partial charge >= 0.3 is 0 Å². The highest BCUT2D eigenvalue weighted by atomic mass is 16.3. The Kier molecular flexibility index (Phi) is 3.27. The smallest absolute Gasteiger partial charge is 0.119 e. The van der Waals surface area contributed by atoms with E-state index in [1.807, 2.05) is 18.2 Å². The minimum absolute atomic E-state index is 0.441. The first-order valence-electron chi connectivity index (χ1n) is 5.76. The van der Waals surface area contributed by atoms with Crippen LogP contribution in [0.15, 0.2) is 24.3 Å². The second kappa shape index (κ2) is 4.67. The molecule has 0 saturated carbocycles. The molecule has 1 aromatic rings. The summed E-state index contributed by atoms with van der Waals surface area (Å²) in [6.07, 6.45) is 2.45. The lowest BCUT2D eigenvalue weighted by Gasteiger charge is -2.17. The van der Waals surface area contributed by atoms with Crippen LogP contribution in [-0.2, 0) is 0 Å². The highest BCUT2D eigenvalue weighted by Crippen LogP contribution is 2.31. The maximum Gasteiger partial charge on any atom is 0.119 e. The SMILES string of the molecule is CC(CC1CCNC1)c1ccccc1O. The molecule has 15 heavy (non-hydrogen) atoms. The molecule has 0 spiro atoms. The van der Waals surface area contributed by atoms with E-state index in [1.54, 1.807) is 6.07 Å². The molecule has 82 valence electrons. The van der Waals surface area contributed by atoms with E-state index in [-0.39, 0.29) is 0 Å². The average Bonchev–Trinajstić information content (AvgIpc) is 2.71. The normalized spacial score (nSPS) is 22.9. The van der Waals surface area contributed by atoms with Gasteiger partial charge in [0.15, 0.2) is 0 Å². The number of nitrogens with one attached hydrogen (secondary N) is 1. The van der Waals surface area contributed by atoms with Crippen LogP contribution in [0.1, 0.15) is 31.2 Å². The van der Waals surface area contributed by atoms with Crippen LogP contribution in [0, 0.1) is 5.92 Å². The maximum atomic E-state index is 9.74. The lowest BCUT2D eigenvalue weighted by Crippen LogP contribution is -2.11. The second-order valence-corrected chi connectivity index (χ2v) is 4.55. The standard InChI is InChI=1S/C13H19NO/c1-10(8-11-6-7-14-9-11)12-4-2-3-5-13(12)15/h2-5,10-11,14-15H,6-9H2,1H3. The van der Waals surface area contributed by atoms with Crippen molar-refractivity contribution >= 4 is 0 Å². The molecule has 2 N–H and O–H groups in total. The molecule has 0 bridgehead atoms. The number of phenolic OH excluding ortho intramolecular Hbond substituents is 1. The van der Waals surface area contributed by atoms with E-state index in [0.717, 1.165) is 24.6 Å². The van der Waals surface area contributed by atoms with Crippen LogP contribution in [0.4, 0.5) is 0 Å². The molecule has 1 aliphatic heterocycles. The summed E-state index contributed by atoms with van der Waals surface area (Å²) in [6, 6.07) is 7.68. The van der Waals surface area contributed by atoms with Crippen molar-refractivity contribution in [1.82, 2.24) is 5.32 Å². The molecule has 1 fully saturated rings. The van der Waals surface area contributed by atoms with E-state index in [9.17, 15) is 5.11 Å². The molecule has 0 amide bonds. The summed E-state index contributed by atoms with van der Waals surface area (Å²) in [5.74, 6) is 1.67. The summed E-state index contributed by atoms with van der Waals surface area (Å²) >= 11 is 0. The Hall–Kier alpha value is -1.02. The van der Waals surface area contributed by atoms with Crippen molar-refractivity contribution in [2.45, 2.75) is 25.7 Å². The van der Waals surface area contributed by atoms with Gasteiger partial charge in [0.2, 0.25) is 0 Å². The van der Waals surface area contributed by atoms with Crippen molar-refractivity contribution in [3.8, 4) is 5.75 Å². The molecule has 1 heterocycles. The summed E-state index contributed by atoms with van der Waals surface area (Å²) in [4.78, 5) is 0. The molecular weight excluding hydrogens is 186 g/mol. The Balaban J connectivity index is 2.00. The molecule has 2 heteroatoms. The summed E-state index contributed by atoms with van der Waals surface area (Å²) in [5.41, 5.74) is 1.09. The maximum absolute atomic E-state index is 9.74. The summed E-state index contributed by atoms with van der Waals surface area (Å²) in [6.45, 7) is 4.49. The highest BCUT2D eigenvalue weighted by Gasteiger charge is 2.19. The number of aromatic hydroxyl groups is 1. The lowest BCUT2D eigenvalue weighted by molar-refractivity contribution is 0.441. The van der Waals surface area contributed by atoms with Gasteiger partial charge < -0.3 is 10.4 Å². The van der Waals surface area contributed by atoms with E-state index < -0.39 is 0 Å². The van der Waals surface area contributed by atoms with Gasteiger partial charge in [-0.15, -0.1) is 0 Å². The van der Waals surface area contributed by atoms with Gasteiger partial charge in [0, 0.05) is 0 Å². The van der Waals surface area contributed by atoms with Gasteiger partial charge in [-0.2, -0.15) is 0 Å². The molecule has 0 radical (unpaired) electrons. The lowest BCUT2D eigenvalue weighted by atomic mass is 9.89. The van der Waals surface area contributed by atoms with Gasteiger partial charge in [-0.05, 0) is 49.4 Å². The van der Waals surface area contributed by atoms with Crippen LogP contribution in [0.2, 0.25) is 0 Å². The minimum Gasteiger partial charge on any atom is -0.508 e. The van der Waals surface area contributed by atoms with Gasteiger partial charge in [-0.25, -0.2) is 0 Å². The third kappa shape index (κ3) is 2.51. The van der Waals surface area contributed by atoms with Crippen LogP contribution in [0.5, 0.6) is 5.75 Å². The van der Waals surface area contributed by atoms with E-state index in [2.05, 4.69) is 12.2 Å². The fourth-order valence-corrected chi connectivity index (χ4v) is 2.45. The Morgan fingerprint density at radius 1 is 1.47 bits per heavy atom. The van der Waals surface area contributed by atoms with Gasteiger partial charge in [0.25, 0.3) is 0 Å². The van der Waals surface area contributed by atoms with Crippen molar-refractivity contribution in [1.29, 1.82) is 0 Å². The first-order chi connectivity index (χ1) is 7.27. The summed E-state index contributed by atoms with van der Waals surface area (Å²) in [7, 11) is 0. The predicted octanol–water partition coefficient (Wildman–Crippen LogP) is 2.50. The minimum atomic E-state index is 0.441. The number of rotatable bonds is 3. The van der Waals surface area contributed by atoms with Crippen LogP contribution >= 0.6 is 0 Å². The van der Waals surface area contributed by atoms with Crippen LogP contribution in [0.25, 0.3) is 0 Å². The molecular formula is C13H19NO. The van der Waals surface area contributed by atoms with Crippen LogP contribution < -0.4 is 5.32 Å². The molecule has 1 aromatic carbocycles. The zero-order valence-corrected chi connectivity index (χ0v) is 9.24. The van der Waals surface area contributed by atoms with Crippen molar-refractivity contribution in [3.63, 3.8) is 0 Å². The predicted molar refractivity (Wildman–Crippen MR) is 62.1 cm³/mol. The Morgan fingerprint density at radius 2 is 2.27 bits per heavy atom. The van der Waals surface area contributed by atoms with Gasteiger partial charge in [0.1, 0.15) is 5.75 Å². The van der Waals surface area contributed by atoms with Gasteiger partial charge in [0.05, 0.1) is 0 Å². The van der Waals surface area contributed by atoms with Crippen molar-refractivity contribution < 1.29 is 5.11 Å². The zero-order valence-electron chi connectivity index (χ0n) is 9.24. The fourth-order valence-electron chi connectivity index (χ4n) is 2.45. The molecule has 2 unspecified atom stereocenters. The van der Waals surface area contributed by atoms with Crippen LogP contribution in [0.3, 0.4) is 0 Å². The third-order valence-corrected chi connectivity index (χ3v) is 3.32. The quantitative estimate of drug-likeness (QED) is 0.794. The largest absolute Gasteiger partial charge is 0.508 e. The van der Waals surface area contributed by atoms with Gasteiger partial charge in [-0.1, -0.05) is 25.1 Å². The number of para-hydroxylation sites is 1. The number of benzene rings is 1. The zero-order chi connectivity index (χ0) is 10.7. The number of phenols is 1. The van der Waals surface area contributed by atoms with Crippen molar-refractivity contribution in [3.05, 3.63) is 29.8 Å². The Bertz CT molecular complexity index is 318. The first kappa shape index (κ1) is 10.5. The summed E-state index contributed by atoms with van der Waals surface area (Å²) < 4.78 is 0. The Morgan fingerprint density at radius 3 is 2.93 bits per heavy atom. The number of hydrogen-bond donors (Lipinski definition) is 2. The van der Waals surface area contributed by atoms with E-state index >= 15 is 0 Å². The average molecular weight is 205 g/mol. The van der Waals surface area contributed by atoms with Crippen LogP contribution in [-0.4, -0.2) is 18.2 Å². The van der Waals surface area contributed by atoms with E-state index in [1.165, 1.54) is 12.8 Å². The molecule has 2 atom stereocenters. The first-order valence-corrected chi connectivity index (χ1v) is 5.76. The molecule has 2 rings (SSSR count). The molecule has 2 nitrogen and oxygen atoms in total.